The number of thioether (sulfide) groups is 2. The maximum atomic E-state index is 13.0. The van der Waals surface area contributed by atoms with E-state index in [1.165, 1.54) is 17.1 Å². The second-order valence-electron chi connectivity index (χ2n) is 6.79. The number of amides is 2. The van der Waals surface area contributed by atoms with Crippen molar-refractivity contribution < 1.29 is 9.59 Å². The first kappa shape index (κ1) is 20.8. The lowest BCUT2D eigenvalue weighted by molar-refractivity contribution is -0.116. The first-order valence-electron chi connectivity index (χ1n) is 9.56. The zero-order valence-electron chi connectivity index (χ0n) is 16.3. The number of carbonyl (C=O) groups excluding carboxylic acids is 2. The number of hydrogen-bond acceptors (Lipinski definition) is 4. The van der Waals surface area contributed by atoms with Crippen molar-refractivity contribution in [3.05, 3.63) is 65.2 Å². The summed E-state index contributed by atoms with van der Waals surface area (Å²) in [5, 5.41) is 2.91. The van der Waals surface area contributed by atoms with Crippen LogP contribution >= 0.6 is 23.5 Å². The van der Waals surface area contributed by atoms with E-state index in [1.807, 2.05) is 85.9 Å². The zero-order valence-corrected chi connectivity index (χ0v) is 17.9. The minimum Gasteiger partial charge on any atom is -0.329 e. The summed E-state index contributed by atoms with van der Waals surface area (Å²) in [6.45, 7) is 4.57. The molecule has 2 aromatic carbocycles. The highest BCUT2D eigenvalue weighted by Gasteiger charge is 2.21. The van der Waals surface area contributed by atoms with E-state index in [4.69, 9.17) is 0 Å². The van der Waals surface area contributed by atoms with E-state index in [2.05, 4.69) is 5.32 Å². The molecule has 0 saturated carbocycles. The van der Waals surface area contributed by atoms with Crippen molar-refractivity contribution in [1.82, 2.24) is 4.90 Å². The molecule has 2 amide bonds. The molecule has 2 aromatic rings. The Morgan fingerprint density at radius 1 is 1.07 bits per heavy atom. The van der Waals surface area contributed by atoms with Crippen LogP contribution in [0.3, 0.4) is 0 Å². The normalized spacial score (nSPS) is 14.1. The number of hydrogen-bond donors (Lipinski definition) is 1. The number of aryl methyl sites for hydroxylation is 1. The lowest BCUT2D eigenvalue weighted by Crippen LogP contribution is -2.38. The quantitative estimate of drug-likeness (QED) is 0.695. The van der Waals surface area contributed by atoms with Gasteiger partial charge >= 0.3 is 0 Å². The number of nitrogens with one attached hydrogen (secondary N) is 1. The van der Waals surface area contributed by atoms with E-state index in [-0.39, 0.29) is 18.4 Å². The summed E-state index contributed by atoms with van der Waals surface area (Å²) in [4.78, 5) is 27.1. The van der Waals surface area contributed by atoms with Gasteiger partial charge in [-0.15, -0.1) is 23.5 Å². The van der Waals surface area contributed by atoms with E-state index in [9.17, 15) is 9.59 Å². The maximum Gasteiger partial charge on any atom is 0.254 e. The monoisotopic (exact) mass is 414 g/mol. The molecule has 1 heterocycles. The number of rotatable bonds is 7. The largest absolute Gasteiger partial charge is 0.329 e. The van der Waals surface area contributed by atoms with Gasteiger partial charge in [-0.3, -0.25) is 9.59 Å². The van der Waals surface area contributed by atoms with Crippen molar-refractivity contribution >= 4 is 41.0 Å². The second-order valence-corrected chi connectivity index (χ2v) is 9.51. The molecule has 1 fully saturated rings. The van der Waals surface area contributed by atoms with Crippen LogP contribution in [0.4, 0.5) is 5.69 Å². The number of carbonyl (C=O) groups is 2. The fourth-order valence-electron chi connectivity index (χ4n) is 3.11. The topological polar surface area (TPSA) is 49.4 Å². The van der Waals surface area contributed by atoms with Crippen molar-refractivity contribution in [2.24, 2.45) is 0 Å². The van der Waals surface area contributed by atoms with Crippen molar-refractivity contribution in [2.45, 2.75) is 24.9 Å². The van der Waals surface area contributed by atoms with Crippen LogP contribution in [0, 0.1) is 6.92 Å². The first-order valence-corrected chi connectivity index (χ1v) is 11.7. The molecular formula is C22H26N2O2S2. The van der Waals surface area contributed by atoms with Crippen molar-refractivity contribution in [1.29, 1.82) is 0 Å². The Bertz CT molecular complexity index is 818. The highest BCUT2D eigenvalue weighted by molar-refractivity contribution is 8.19. The summed E-state index contributed by atoms with van der Waals surface area (Å²) >= 11 is 3.90. The minimum absolute atomic E-state index is 0.0527. The molecule has 6 heteroatoms. The third-order valence-corrected chi connectivity index (χ3v) is 7.69. The van der Waals surface area contributed by atoms with E-state index in [0.29, 0.717) is 16.7 Å². The Morgan fingerprint density at radius 3 is 2.39 bits per heavy atom. The number of anilines is 1. The summed E-state index contributed by atoms with van der Waals surface area (Å²) in [7, 11) is 0. The van der Waals surface area contributed by atoms with Gasteiger partial charge in [-0.2, -0.15) is 0 Å². The fraction of sp³-hybridized carbons (Fsp3) is 0.364. The van der Waals surface area contributed by atoms with Crippen LogP contribution < -0.4 is 5.32 Å². The zero-order chi connectivity index (χ0) is 19.9. The van der Waals surface area contributed by atoms with Gasteiger partial charge in [0, 0.05) is 29.3 Å². The lowest BCUT2D eigenvalue weighted by atomic mass is 10.1. The van der Waals surface area contributed by atoms with Gasteiger partial charge in [-0.1, -0.05) is 37.3 Å². The summed E-state index contributed by atoms with van der Waals surface area (Å²) in [5.74, 6) is 2.08. The summed E-state index contributed by atoms with van der Waals surface area (Å²) < 4.78 is 0.468. The fourth-order valence-corrected chi connectivity index (χ4v) is 5.97. The molecule has 4 nitrogen and oxygen atoms in total. The molecule has 1 N–H and O–H groups in total. The summed E-state index contributed by atoms with van der Waals surface area (Å²) in [6, 6.07) is 15.5. The van der Waals surface area contributed by atoms with Crippen LogP contribution in [0.25, 0.3) is 0 Å². The minimum atomic E-state index is -0.175. The standard InChI is InChI=1S/C22H26N2O2S2/c1-3-12-24(15-20(25)23-19-7-5-4-6-16(19)2)21(26)17-8-10-18(11-9-17)22-27-13-14-28-22/h4-11,22H,3,12-15H2,1-2H3,(H,23,25). The smallest absolute Gasteiger partial charge is 0.254 e. The van der Waals surface area contributed by atoms with Crippen LogP contribution in [0.1, 0.15) is 39.4 Å². The van der Waals surface area contributed by atoms with Gasteiger partial charge in [0.05, 0.1) is 4.58 Å². The molecule has 148 valence electrons. The molecule has 1 saturated heterocycles. The summed E-state index contributed by atoms with van der Waals surface area (Å²) in [6.07, 6.45) is 0.802. The van der Waals surface area contributed by atoms with Gasteiger partial charge in [0.1, 0.15) is 6.54 Å². The number of para-hydroxylation sites is 1. The third-order valence-electron chi connectivity index (χ3n) is 4.59. The van der Waals surface area contributed by atoms with Gasteiger partial charge in [-0.05, 0) is 42.7 Å². The van der Waals surface area contributed by atoms with E-state index >= 15 is 0 Å². The average Bonchev–Trinajstić information content (AvgIpc) is 3.24. The highest BCUT2D eigenvalue weighted by atomic mass is 32.2. The van der Waals surface area contributed by atoms with Crippen LogP contribution in [0.2, 0.25) is 0 Å². The Morgan fingerprint density at radius 2 is 1.75 bits per heavy atom. The second kappa shape index (κ2) is 10.0. The Hall–Kier alpha value is -1.92. The molecule has 28 heavy (non-hydrogen) atoms. The van der Waals surface area contributed by atoms with Gasteiger partial charge in [-0.25, -0.2) is 0 Å². The molecule has 0 aliphatic carbocycles. The molecule has 0 unspecified atom stereocenters. The average molecular weight is 415 g/mol. The Balaban J connectivity index is 1.66. The van der Waals surface area contributed by atoms with Crippen LogP contribution in [0.15, 0.2) is 48.5 Å². The molecule has 0 aromatic heterocycles. The Labute approximate surface area is 175 Å². The van der Waals surface area contributed by atoms with Crippen molar-refractivity contribution in [2.75, 3.05) is 29.9 Å². The first-order chi connectivity index (χ1) is 13.6. The molecule has 3 rings (SSSR count). The predicted molar refractivity (Wildman–Crippen MR) is 120 cm³/mol. The lowest BCUT2D eigenvalue weighted by Gasteiger charge is -2.22. The van der Waals surface area contributed by atoms with Crippen LogP contribution in [0.5, 0.6) is 0 Å². The van der Waals surface area contributed by atoms with Crippen molar-refractivity contribution in [3.63, 3.8) is 0 Å². The van der Waals surface area contributed by atoms with Crippen LogP contribution in [-0.4, -0.2) is 41.3 Å². The third kappa shape index (κ3) is 5.32. The maximum absolute atomic E-state index is 13.0. The Kier molecular flexibility index (Phi) is 7.45. The SMILES string of the molecule is CCCN(CC(=O)Nc1ccccc1C)C(=O)c1ccc(C2SCCS2)cc1. The molecule has 0 bridgehead atoms. The summed E-state index contributed by atoms with van der Waals surface area (Å²) in [5.41, 5.74) is 3.67. The van der Waals surface area contributed by atoms with Crippen LogP contribution in [-0.2, 0) is 4.79 Å². The molecule has 0 atom stereocenters. The number of benzene rings is 2. The molecule has 0 radical (unpaired) electrons. The highest BCUT2D eigenvalue weighted by Crippen LogP contribution is 2.45. The van der Waals surface area contributed by atoms with Crippen molar-refractivity contribution in [3.8, 4) is 0 Å². The number of nitrogens with zero attached hydrogens (tertiary/aromatic N) is 1. The van der Waals surface area contributed by atoms with Gasteiger partial charge in [0.2, 0.25) is 5.91 Å². The van der Waals surface area contributed by atoms with E-state index in [1.54, 1.807) is 4.90 Å². The molecule has 1 aliphatic heterocycles. The molecule has 1 aliphatic rings. The van der Waals surface area contributed by atoms with Gasteiger partial charge in [0.25, 0.3) is 5.91 Å². The molecule has 0 spiro atoms. The van der Waals surface area contributed by atoms with Gasteiger partial charge in [0.15, 0.2) is 0 Å². The van der Waals surface area contributed by atoms with E-state index < -0.39 is 0 Å². The predicted octanol–water partition coefficient (Wildman–Crippen LogP) is 4.96. The van der Waals surface area contributed by atoms with E-state index in [0.717, 1.165) is 17.7 Å². The van der Waals surface area contributed by atoms with Gasteiger partial charge < -0.3 is 10.2 Å². The molecular weight excluding hydrogens is 388 g/mol.